The number of piperidine rings is 1. The van der Waals surface area contributed by atoms with Gasteiger partial charge in [-0.1, -0.05) is 40.9 Å². The van der Waals surface area contributed by atoms with E-state index in [-0.39, 0.29) is 12.1 Å². The first-order valence-electron chi connectivity index (χ1n) is 10.9. The van der Waals surface area contributed by atoms with Gasteiger partial charge in [-0.25, -0.2) is 9.97 Å². The highest BCUT2D eigenvalue weighted by molar-refractivity contribution is 9.10. The molecule has 2 fully saturated rings. The minimum atomic E-state index is -0.298. The van der Waals surface area contributed by atoms with Gasteiger partial charge in [-0.3, -0.25) is 0 Å². The van der Waals surface area contributed by atoms with Crippen LogP contribution in [0, 0.1) is 0 Å². The van der Waals surface area contributed by atoms with Gasteiger partial charge >= 0.3 is 0 Å². The maximum Gasteiger partial charge on any atom is 0.141 e. The van der Waals surface area contributed by atoms with E-state index in [9.17, 15) is 5.11 Å². The van der Waals surface area contributed by atoms with Gasteiger partial charge in [0.25, 0.3) is 0 Å². The number of thiophene rings is 1. The summed E-state index contributed by atoms with van der Waals surface area (Å²) in [6, 6.07) is 8.96. The minimum Gasteiger partial charge on any atom is -0.391 e. The Morgan fingerprint density at radius 1 is 1.03 bits per heavy atom. The Hall–Kier alpha value is -1.54. The SMILES string of the molecule is OC1CCCCC1N(c1ncnc2scc(-c3ccc(Br)cc3)c12)C1CCNCC1. The van der Waals surface area contributed by atoms with Crippen LogP contribution in [0.5, 0.6) is 0 Å². The molecular weight excluding hydrogens is 460 g/mol. The highest BCUT2D eigenvalue weighted by atomic mass is 79.9. The van der Waals surface area contributed by atoms with E-state index in [2.05, 4.69) is 60.8 Å². The fraction of sp³-hybridized carbons (Fsp3) is 0.478. The lowest BCUT2D eigenvalue weighted by Gasteiger charge is -2.44. The van der Waals surface area contributed by atoms with Crippen LogP contribution in [0.15, 0.2) is 40.4 Å². The van der Waals surface area contributed by atoms with E-state index in [1.807, 2.05) is 0 Å². The second kappa shape index (κ2) is 8.91. The number of aliphatic hydroxyl groups excluding tert-OH is 1. The van der Waals surface area contributed by atoms with Crippen molar-refractivity contribution in [1.82, 2.24) is 15.3 Å². The van der Waals surface area contributed by atoms with E-state index in [1.165, 1.54) is 17.5 Å². The summed E-state index contributed by atoms with van der Waals surface area (Å²) >= 11 is 5.22. The van der Waals surface area contributed by atoms with Crippen LogP contribution in [-0.4, -0.2) is 46.4 Å². The molecular formula is C23H27BrN4OS. The Balaban J connectivity index is 1.65. The van der Waals surface area contributed by atoms with E-state index in [4.69, 9.17) is 4.98 Å². The first-order valence-corrected chi connectivity index (χ1v) is 12.5. The zero-order valence-corrected chi connectivity index (χ0v) is 19.3. The molecule has 7 heteroatoms. The summed E-state index contributed by atoms with van der Waals surface area (Å²) in [5.41, 5.74) is 2.36. The van der Waals surface area contributed by atoms with Crippen LogP contribution in [0.3, 0.4) is 0 Å². The molecule has 30 heavy (non-hydrogen) atoms. The third-order valence-electron chi connectivity index (χ3n) is 6.50. The first kappa shape index (κ1) is 20.4. The number of fused-ring (bicyclic) bond motifs is 1. The molecule has 0 bridgehead atoms. The summed E-state index contributed by atoms with van der Waals surface area (Å²) in [5, 5.41) is 17.8. The van der Waals surface area contributed by atoms with Gasteiger partial charge in [0, 0.05) is 21.5 Å². The first-order chi connectivity index (χ1) is 14.7. The van der Waals surface area contributed by atoms with Crippen LogP contribution in [-0.2, 0) is 0 Å². The van der Waals surface area contributed by atoms with E-state index in [1.54, 1.807) is 17.7 Å². The number of nitrogens with zero attached hydrogens (tertiary/aromatic N) is 3. The molecule has 2 aromatic heterocycles. The Morgan fingerprint density at radius 2 is 1.80 bits per heavy atom. The molecule has 158 valence electrons. The molecule has 3 aromatic rings. The lowest BCUT2D eigenvalue weighted by molar-refractivity contribution is 0.0978. The average molecular weight is 487 g/mol. The number of halogens is 1. The zero-order valence-electron chi connectivity index (χ0n) is 16.9. The van der Waals surface area contributed by atoms with Gasteiger partial charge in [0.05, 0.1) is 17.5 Å². The summed E-state index contributed by atoms with van der Waals surface area (Å²) in [7, 11) is 0. The molecule has 5 nitrogen and oxygen atoms in total. The smallest absolute Gasteiger partial charge is 0.141 e. The average Bonchev–Trinajstić information content (AvgIpc) is 3.22. The third kappa shape index (κ3) is 3.88. The van der Waals surface area contributed by atoms with Gasteiger partial charge in [-0.2, -0.15) is 0 Å². The predicted molar refractivity (Wildman–Crippen MR) is 127 cm³/mol. The number of rotatable bonds is 4. The molecule has 5 rings (SSSR count). The van der Waals surface area contributed by atoms with Gasteiger partial charge in [0.1, 0.15) is 17.0 Å². The monoisotopic (exact) mass is 486 g/mol. The van der Waals surface area contributed by atoms with Crippen LogP contribution in [0.1, 0.15) is 38.5 Å². The number of hydrogen-bond acceptors (Lipinski definition) is 6. The quantitative estimate of drug-likeness (QED) is 0.544. The topological polar surface area (TPSA) is 61.3 Å². The standard InChI is InChI=1S/C23H27BrN4OS/c24-16-7-5-15(6-8-16)18-13-30-23-21(18)22(26-14-27-23)28(17-9-11-25-12-10-17)19-3-1-2-4-20(19)29/h5-8,13-14,17,19-20,25,29H,1-4,9-12H2. The number of hydrogen-bond donors (Lipinski definition) is 2. The van der Waals surface area contributed by atoms with Crippen molar-refractivity contribution < 1.29 is 5.11 Å². The molecule has 0 amide bonds. The Bertz CT molecular complexity index is 1000. The molecule has 1 aliphatic carbocycles. The van der Waals surface area contributed by atoms with Crippen LogP contribution >= 0.6 is 27.3 Å². The van der Waals surface area contributed by atoms with Crippen molar-refractivity contribution in [2.24, 2.45) is 0 Å². The van der Waals surface area contributed by atoms with E-state index >= 15 is 0 Å². The minimum absolute atomic E-state index is 0.123. The number of aromatic nitrogens is 2. The predicted octanol–water partition coefficient (Wildman–Crippen LogP) is 4.98. The van der Waals surface area contributed by atoms with Crippen molar-refractivity contribution in [3.8, 4) is 11.1 Å². The summed E-state index contributed by atoms with van der Waals surface area (Å²) in [6.07, 6.45) is 7.73. The van der Waals surface area contributed by atoms with Crippen molar-refractivity contribution in [2.45, 2.75) is 56.7 Å². The molecule has 2 N–H and O–H groups in total. The molecule has 2 aliphatic rings. The Morgan fingerprint density at radius 3 is 2.57 bits per heavy atom. The van der Waals surface area contributed by atoms with Gasteiger partial charge in [0.2, 0.25) is 0 Å². The van der Waals surface area contributed by atoms with Crippen LogP contribution in [0.25, 0.3) is 21.3 Å². The molecule has 0 spiro atoms. The highest BCUT2D eigenvalue weighted by Gasteiger charge is 2.36. The number of nitrogens with one attached hydrogen (secondary N) is 1. The van der Waals surface area contributed by atoms with Crippen LogP contribution in [0.2, 0.25) is 0 Å². The second-order valence-corrected chi connectivity index (χ2v) is 10.1. The van der Waals surface area contributed by atoms with Crippen LogP contribution in [0.4, 0.5) is 5.82 Å². The molecule has 2 atom stereocenters. The lowest BCUT2D eigenvalue weighted by Crippen LogP contribution is -2.54. The second-order valence-electron chi connectivity index (χ2n) is 8.34. The Kier molecular flexibility index (Phi) is 6.05. The van der Waals surface area contributed by atoms with Crippen molar-refractivity contribution in [2.75, 3.05) is 18.0 Å². The third-order valence-corrected chi connectivity index (χ3v) is 7.92. The van der Waals surface area contributed by atoms with Crippen molar-refractivity contribution in [1.29, 1.82) is 0 Å². The van der Waals surface area contributed by atoms with E-state index < -0.39 is 0 Å². The molecule has 1 aliphatic heterocycles. The van der Waals surface area contributed by atoms with Gasteiger partial charge in [-0.15, -0.1) is 11.3 Å². The number of anilines is 1. The molecule has 1 saturated heterocycles. The van der Waals surface area contributed by atoms with Crippen LogP contribution < -0.4 is 10.2 Å². The summed E-state index contributed by atoms with van der Waals surface area (Å²) in [6.45, 7) is 2.03. The highest BCUT2D eigenvalue weighted by Crippen LogP contribution is 2.41. The molecule has 1 aromatic carbocycles. The largest absolute Gasteiger partial charge is 0.391 e. The zero-order chi connectivity index (χ0) is 20.5. The maximum absolute atomic E-state index is 11.0. The Labute approximate surface area is 189 Å². The molecule has 2 unspecified atom stereocenters. The lowest BCUT2D eigenvalue weighted by atomic mass is 9.88. The normalized spacial score (nSPS) is 23.0. The summed E-state index contributed by atoms with van der Waals surface area (Å²) in [4.78, 5) is 12.9. The molecule has 1 saturated carbocycles. The fourth-order valence-electron chi connectivity index (χ4n) is 5.00. The van der Waals surface area contributed by atoms with Crippen molar-refractivity contribution in [3.05, 3.63) is 40.4 Å². The molecule has 0 radical (unpaired) electrons. The number of aliphatic hydroxyl groups is 1. The fourth-order valence-corrected chi connectivity index (χ4v) is 6.17. The number of benzene rings is 1. The van der Waals surface area contributed by atoms with E-state index in [0.29, 0.717) is 6.04 Å². The summed E-state index contributed by atoms with van der Waals surface area (Å²) < 4.78 is 1.07. The van der Waals surface area contributed by atoms with Gasteiger partial charge in [-0.05, 0) is 56.5 Å². The van der Waals surface area contributed by atoms with E-state index in [0.717, 1.165) is 65.7 Å². The molecule has 3 heterocycles. The van der Waals surface area contributed by atoms with Crippen molar-refractivity contribution >= 4 is 43.3 Å². The van der Waals surface area contributed by atoms with Gasteiger partial charge < -0.3 is 15.3 Å². The summed E-state index contributed by atoms with van der Waals surface area (Å²) in [5.74, 6) is 0.997. The van der Waals surface area contributed by atoms with Gasteiger partial charge in [0.15, 0.2) is 0 Å². The van der Waals surface area contributed by atoms with Crippen molar-refractivity contribution in [3.63, 3.8) is 0 Å². The maximum atomic E-state index is 11.0.